The summed E-state index contributed by atoms with van der Waals surface area (Å²) in [7, 11) is 6.12. The highest BCUT2D eigenvalue weighted by molar-refractivity contribution is 6.36. The molecule has 3 aromatic rings. The van der Waals surface area contributed by atoms with E-state index in [0.29, 0.717) is 29.2 Å². The highest BCUT2D eigenvalue weighted by Crippen LogP contribution is 2.29. The Morgan fingerprint density at radius 1 is 1.25 bits per heavy atom. The predicted octanol–water partition coefficient (Wildman–Crippen LogP) is 3.77. The number of fused-ring (bicyclic) bond motifs is 1. The van der Waals surface area contributed by atoms with Crippen LogP contribution in [0.3, 0.4) is 0 Å². The SMILES string of the molecule is [B]c1cnn2c(NC3CCN(C(=O)C(/C=C\C)=C/C)CC3)cc(-c3ccccc3Cl)nc12. The minimum atomic E-state index is 0.0798. The highest BCUT2D eigenvalue weighted by atomic mass is 35.5. The Balaban J connectivity index is 1.55. The lowest BCUT2D eigenvalue weighted by Gasteiger charge is -2.33. The van der Waals surface area contributed by atoms with E-state index in [1.807, 2.05) is 67.3 Å². The number of nitrogens with one attached hydrogen (secondary N) is 1. The maximum atomic E-state index is 12.7. The summed E-state index contributed by atoms with van der Waals surface area (Å²) < 4.78 is 1.72. The summed E-state index contributed by atoms with van der Waals surface area (Å²) in [4.78, 5) is 19.3. The standard InChI is InChI=1S/C24H25BClN5O/c1-3-7-16(4-2)24(32)30-12-10-17(11-13-30)28-22-14-21(18-8-5-6-9-20(18)26)29-23-19(25)15-27-31(22)23/h3-9,14-15,17,28H,10-13H2,1-2H3/b7-3-,16-4+. The summed E-state index contributed by atoms with van der Waals surface area (Å²) >= 11 is 6.41. The molecular formula is C24H25BClN5O. The lowest BCUT2D eigenvalue weighted by atomic mass is 10.0. The van der Waals surface area contributed by atoms with Crippen LogP contribution in [0.5, 0.6) is 0 Å². The number of halogens is 1. The molecule has 1 amide bonds. The summed E-state index contributed by atoms with van der Waals surface area (Å²) in [6.45, 7) is 5.19. The number of nitrogens with zero attached hydrogens (tertiary/aromatic N) is 4. The van der Waals surface area contributed by atoms with E-state index in [2.05, 4.69) is 15.4 Å². The van der Waals surface area contributed by atoms with Crippen molar-refractivity contribution in [3.8, 4) is 11.3 Å². The van der Waals surface area contributed by atoms with Gasteiger partial charge < -0.3 is 10.2 Å². The van der Waals surface area contributed by atoms with Crippen LogP contribution in [0.15, 0.2) is 60.3 Å². The average Bonchev–Trinajstić information content (AvgIpc) is 3.19. The van der Waals surface area contributed by atoms with Gasteiger partial charge in [0.15, 0.2) is 5.65 Å². The summed E-state index contributed by atoms with van der Waals surface area (Å²) in [5, 5.41) is 8.61. The van der Waals surface area contributed by atoms with Crippen LogP contribution in [-0.4, -0.2) is 52.4 Å². The number of carbonyl (C=O) groups is 1. The number of hydrogen-bond acceptors (Lipinski definition) is 4. The van der Waals surface area contributed by atoms with Crippen molar-refractivity contribution in [3.05, 3.63) is 65.4 Å². The van der Waals surface area contributed by atoms with Gasteiger partial charge in [-0.1, -0.05) is 48.0 Å². The summed E-state index contributed by atoms with van der Waals surface area (Å²) in [6.07, 6.45) is 8.88. The van der Waals surface area contributed by atoms with Gasteiger partial charge in [0, 0.05) is 47.6 Å². The van der Waals surface area contributed by atoms with Crippen LogP contribution >= 0.6 is 11.6 Å². The Hall–Kier alpha value is -3.06. The molecule has 1 N–H and O–H groups in total. The number of aromatic nitrogens is 3. The van der Waals surface area contributed by atoms with Crippen LogP contribution in [0.2, 0.25) is 5.02 Å². The topological polar surface area (TPSA) is 62.5 Å². The van der Waals surface area contributed by atoms with Crippen molar-refractivity contribution >= 4 is 42.3 Å². The predicted molar refractivity (Wildman–Crippen MR) is 131 cm³/mol. The quantitative estimate of drug-likeness (QED) is 0.369. The molecule has 32 heavy (non-hydrogen) atoms. The van der Waals surface area contributed by atoms with Gasteiger partial charge in [0.1, 0.15) is 13.7 Å². The molecule has 0 bridgehead atoms. The van der Waals surface area contributed by atoms with Crippen molar-refractivity contribution in [2.24, 2.45) is 0 Å². The molecule has 1 aliphatic rings. The molecule has 3 heterocycles. The third kappa shape index (κ3) is 4.44. The van der Waals surface area contributed by atoms with E-state index < -0.39 is 0 Å². The van der Waals surface area contributed by atoms with E-state index in [1.54, 1.807) is 10.7 Å². The molecule has 0 unspecified atom stereocenters. The van der Waals surface area contributed by atoms with Crippen LogP contribution in [0.25, 0.3) is 16.9 Å². The second-order valence-electron chi connectivity index (χ2n) is 7.80. The molecule has 2 radical (unpaired) electrons. The minimum absolute atomic E-state index is 0.0798. The monoisotopic (exact) mass is 445 g/mol. The number of amides is 1. The van der Waals surface area contributed by atoms with Gasteiger partial charge >= 0.3 is 0 Å². The first-order valence-electron chi connectivity index (χ1n) is 10.8. The number of rotatable bonds is 5. The van der Waals surface area contributed by atoms with Crippen LogP contribution in [-0.2, 0) is 4.79 Å². The van der Waals surface area contributed by atoms with Gasteiger partial charge in [0.25, 0.3) is 5.91 Å². The molecule has 0 saturated carbocycles. The number of allylic oxidation sites excluding steroid dienone is 2. The first-order valence-corrected chi connectivity index (χ1v) is 11.1. The Labute approximate surface area is 194 Å². The Morgan fingerprint density at radius 2 is 2.00 bits per heavy atom. The number of hydrogen-bond donors (Lipinski definition) is 1. The van der Waals surface area contributed by atoms with Gasteiger partial charge in [-0.2, -0.15) is 9.61 Å². The molecule has 6 nitrogen and oxygen atoms in total. The molecule has 0 spiro atoms. The van der Waals surface area contributed by atoms with Crippen molar-refractivity contribution in [2.45, 2.75) is 32.7 Å². The maximum Gasteiger partial charge on any atom is 0.253 e. The molecule has 162 valence electrons. The molecule has 1 saturated heterocycles. The Bertz CT molecular complexity index is 1190. The fourth-order valence-electron chi connectivity index (χ4n) is 3.98. The number of likely N-dealkylation sites (tertiary alicyclic amines) is 1. The first kappa shape index (κ1) is 22.2. The lowest BCUT2D eigenvalue weighted by molar-refractivity contribution is -0.127. The summed E-state index contributed by atoms with van der Waals surface area (Å²) in [6, 6.07) is 9.74. The van der Waals surface area contributed by atoms with E-state index in [-0.39, 0.29) is 11.9 Å². The zero-order valence-corrected chi connectivity index (χ0v) is 19.0. The first-order chi connectivity index (χ1) is 15.5. The van der Waals surface area contributed by atoms with Crippen molar-refractivity contribution in [1.29, 1.82) is 0 Å². The second kappa shape index (κ2) is 9.61. The third-order valence-corrected chi connectivity index (χ3v) is 6.02. The van der Waals surface area contributed by atoms with Crippen molar-refractivity contribution in [3.63, 3.8) is 0 Å². The normalized spacial score (nSPS) is 15.6. The van der Waals surface area contributed by atoms with Gasteiger partial charge in [-0.25, -0.2) is 4.98 Å². The number of anilines is 1. The zero-order valence-electron chi connectivity index (χ0n) is 18.3. The van der Waals surface area contributed by atoms with Crippen LogP contribution in [0.4, 0.5) is 5.82 Å². The summed E-state index contributed by atoms with van der Waals surface area (Å²) in [5.74, 6) is 0.880. The van der Waals surface area contributed by atoms with Crippen LogP contribution in [0.1, 0.15) is 26.7 Å². The van der Waals surface area contributed by atoms with Crippen molar-refractivity contribution in [2.75, 3.05) is 18.4 Å². The largest absolute Gasteiger partial charge is 0.367 e. The zero-order chi connectivity index (χ0) is 22.7. The highest BCUT2D eigenvalue weighted by Gasteiger charge is 2.25. The van der Waals surface area contributed by atoms with Crippen LogP contribution < -0.4 is 10.8 Å². The van der Waals surface area contributed by atoms with E-state index in [1.165, 1.54) is 0 Å². The van der Waals surface area contributed by atoms with Gasteiger partial charge in [0.2, 0.25) is 0 Å². The average molecular weight is 446 g/mol. The number of piperidine rings is 1. The van der Waals surface area contributed by atoms with E-state index in [4.69, 9.17) is 19.4 Å². The number of carbonyl (C=O) groups excluding carboxylic acids is 1. The third-order valence-electron chi connectivity index (χ3n) is 5.69. The lowest BCUT2D eigenvalue weighted by Crippen LogP contribution is -2.43. The molecular weight excluding hydrogens is 421 g/mol. The van der Waals surface area contributed by atoms with Crippen LogP contribution in [0, 0.1) is 0 Å². The molecule has 1 fully saturated rings. The van der Waals surface area contributed by atoms with Gasteiger partial charge in [-0.15, -0.1) is 0 Å². The molecule has 0 aliphatic carbocycles. The van der Waals surface area contributed by atoms with Gasteiger partial charge in [-0.05, 0) is 38.2 Å². The molecule has 1 aromatic carbocycles. The Morgan fingerprint density at radius 3 is 2.69 bits per heavy atom. The van der Waals surface area contributed by atoms with Gasteiger partial charge in [-0.3, -0.25) is 4.79 Å². The molecule has 0 atom stereocenters. The smallest absolute Gasteiger partial charge is 0.253 e. The van der Waals surface area contributed by atoms with E-state index >= 15 is 0 Å². The summed E-state index contributed by atoms with van der Waals surface area (Å²) in [5.41, 5.74) is 3.39. The molecule has 8 heteroatoms. The number of benzene rings is 1. The fraction of sp³-hybridized carbons (Fsp3) is 0.292. The Kier molecular flexibility index (Phi) is 6.65. The molecule has 4 rings (SSSR count). The minimum Gasteiger partial charge on any atom is -0.367 e. The van der Waals surface area contributed by atoms with Gasteiger partial charge in [0.05, 0.1) is 5.69 Å². The van der Waals surface area contributed by atoms with Crippen molar-refractivity contribution < 1.29 is 4.79 Å². The second-order valence-corrected chi connectivity index (χ2v) is 8.20. The van der Waals surface area contributed by atoms with E-state index in [9.17, 15) is 4.79 Å². The van der Waals surface area contributed by atoms with E-state index in [0.717, 1.165) is 35.5 Å². The molecule has 1 aliphatic heterocycles. The fourth-order valence-corrected chi connectivity index (χ4v) is 4.21. The molecule has 2 aromatic heterocycles. The van der Waals surface area contributed by atoms with Crippen molar-refractivity contribution in [1.82, 2.24) is 19.5 Å². The maximum absolute atomic E-state index is 12.7.